The normalized spacial score (nSPS) is 17.0. The number of urea groups is 1. The van der Waals surface area contributed by atoms with Crippen molar-refractivity contribution in [3.8, 4) is 5.88 Å². The Morgan fingerprint density at radius 1 is 1.32 bits per heavy atom. The molecule has 0 aromatic carbocycles. The van der Waals surface area contributed by atoms with E-state index >= 15 is 0 Å². The molecule has 0 spiro atoms. The summed E-state index contributed by atoms with van der Waals surface area (Å²) < 4.78 is 4.99. The SMILES string of the molecule is COc1ccc(NC(=O)N2CCCC(C(=O)Nc3nccs3)C2)cn1. The van der Waals surface area contributed by atoms with E-state index in [1.165, 1.54) is 24.6 Å². The van der Waals surface area contributed by atoms with E-state index in [4.69, 9.17) is 4.74 Å². The van der Waals surface area contributed by atoms with E-state index in [1.54, 1.807) is 28.6 Å². The number of amides is 3. The van der Waals surface area contributed by atoms with Crippen LogP contribution < -0.4 is 15.4 Å². The predicted octanol–water partition coefficient (Wildman–Crippen LogP) is 2.43. The van der Waals surface area contributed by atoms with E-state index in [0.717, 1.165) is 12.8 Å². The summed E-state index contributed by atoms with van der Waals surface area (Å²) in [7, 11) is 1.53. The molecule has 8 nitrogen and oxygen atoms in total. The molecule has 9 heteroatoms. The van der Waals surface area contributed by atoms with Gasteiger partial charge in [-0.3, -0.25) is 4.79 Å². The molecule has 1 unspecified atom stereocenters. The van der Waals surface area contributed by atoms with Crippen LogP contribution in [0.5, 0.6) is 5.88 Å². The first-order valence-electron chi connectivity index (χ1n) is 7.92. The third-order valence-corrected chi connectivity index (χ3v) is 4.63. The van der Waals surface area contributed by atoms with Gasteiger partial charge in [0.15, 0.2) is 5.13 Å². The minimum atomic E-state index is -0.239. The molecule has 1 aliphatic heterocycles. The summed E-state index contributed by atoms with van der Waals surface area (Å²) in [4.78, 5) is 34.5. The summed E-state index contributed by atoms with van der Waals surface area (Å²) in [5.41, 5.74) is 0.583. The number of nitrogens with zero attached hydrogens (tertiary/aromatic N) is 3. The second-order valence-corrected chi connectivity index (χ2v) is 6.53. The van der Waals surface area contributed by atoms with Gasteiger partial charge >= 0.3 is 6.03 Å². The predicted molar refractivity (Wildman–Crippen MR) is 94.8 cm³/mol. The Bertz CT molecular complexity index is 720. The van der Waals surface area contributed by atoms with Crippen LogP contribution in [0.3, 0.4) is 0 Å². The van der Waals surface area contributed by atoms with Gasteiger partial charge in [0.25, 0.3) is 0 Å². The van der Waals surface area contributed by atoms with Crippen molar-refractivity contribution in [2.24, 2.45) is 5.92 Å². The molecule has 2 aromatic heterocycles. The summed E-state index contributed by atoms with van der Waals surface area (Å²) in [5, 5.41) is 7.98. The fourth-order valence-corrected chi connectivity index (χ4v) is 3.18. The Morgan fingerprint density at radius 2 is 2.20 bits per heavy atom. The number of nitrogens with one attached hydrogen (secondary N) is 2. The standard InChI is InChI=1S/C16H19N5O3S/c1-24-13-5-4-12(9-18-13)19-16(23)21-7-2-3-11(10-21)14(22)20-15-17-6-8-25-15/h4-6,8-9,11H,2-3,7,10H2,1H3,(H,19,23)(H,17,20,22). The maximum Gasteiger partial charge on any atom is 0.321 e. The van der Waals surface area contributed by atoms with Gasteiger partial charge in [0, 0.05) is 30.7 Å². The second-order valence-electron chi connectivity index (χ2n) is 5.63. The van der Waals surface area contributed by atoms with Crippen molar-refractivity contribution in [1.82, 2.24) is 14.9 Å². The zero-order valence-electron chi connectivity index (χ0n) is 13.8. The number of aromatic nitrogens is 2. The number of hydrogen-bond donors (Lipinski definition) is 2. The van der Waals surface area contributed by atoms with Crippen molar-refractivity contribution in [3.05, 3.63) is 29.9 Å². The molecule has 1 saturated heterocycles. The van der Waals surface area contributed by atoms with Gasteiger partial charge in [-0.1, -0.05) is 0 Å². The maximum atomic E-state index is 12.4. The Labute approximate surface area is 149 Å². The molecular weight excluding hydrogens is 342 g/mol. The molecule has 25 heavy (non-hydrogen) atoms. The van der Waals surface area contributed by atoms with Gasteiger partial charge in [0.05, 0.1) is 24.9 Å². The number of carbonyl (C=O) groups excluding carboxylic acids is 2. The van der Waals surface area contributed by atoms with Crippen molar-refractivity contribution in [1.29, 1.82) is 0 Å². The molecule has 0 radical (unpaired) electrons. The number of rotatable bonds is 4. The molecule has 3 heterocycles. The van der Waals surface area contributed by atoms with Crippen molar-refractivity contribution >= 4 is 34.1 Å². The van der Waals surface area contributed by atoms with Crippen LogP contribution in [0, 0.1) is 5.92 Å². The van der Waals surface area contributed by atoms with Crippen LogP contribution >= 0.6 is 11.3 Å². The van der Waals surface area contributed by atoms with Gasteiger partial charge in [-0.05, 0) is 18.9 Å². The first kappa shape index (κ1) is 17.2. The highest BCUT2D eigenvalue weighted by Gasteiger charge is 2.28. The molecule has 1 fully saturated rings. The van der Waals surface area contributed by atoms with Crippen LogP contribution in [0.4, 0.5) is 15.6 Å². The lowest BCUT2D eigenvalue weighted by Gasteiger charge is -2.31. The van der Waals surface area contributed by atoms with Crippen molar-refractivity contribution in [3.63, 3.8) is 0 Å². The Balaban J connectivity index is 1.56. The Hall–Kier alpha value is -2.68. The van der Waals surface area contributed by atoms with Crippen LogP contribution in [0.2, 0.25) is 0 Å². The smallest absolute Gasteiger partial charge is 0.321 e. The lowest BCUT2D eigenvalue weighted by Crippen LogP contribution is -2.45. The molecule has 2 aromatic rings. The average Bonchev–Trinajstić information content (AvgIpc) is 3.15. The van der Waals surface area contributed by atoms with Gasteiger partial charge in [-0.15, -0.1) is 11.3 Å². The van der Waals surface area contributed by atoms with Gasteiger partial charge < -0.3 is 20.3 Å². The average molecular weight is 361 g/mol. The van der Waals surface area contributed by atoms with E-state index in [1.807, 2.05) is 0 Å². The number of anilines is 2. The second kappa shape index (κ2) is 7.93. The highest BCUT2D eigenvalue weighted by molar-refractivity contribution is 7.13. The van der Waals surface area contributed by atoms with Gasteiger partial charge in [0.2, 0.25) is 11.8 Å². The number of thiazole rings is 1. The molecule has 3 rings (SSSR count). The minimum Gasteiger partial charge on any atom is -0.481 e. The monoisotopic (exact) mass is 361 g/mol. The number of methoxy groups -OCH3 is 1. The van der Waals surface area contributed by atoms with Crippen LogP contribution in [0.25, 0.3) is 0 Å². The quantitative estimate of drug-likeness (QED) is 0.872. The summed E-state index contributed by atoms with van der Waals surface area (Å²) in [5.74, 6) is 0.144. The molecule has 0 aliphatic carbocycles. The molecule has 132 valence electrons. The van der Waals surface area contributed by atoms with E-state index in [2.05, 4.69) is 20.6 Å². The molecule has 1 aliphatic rings. The van der Waals surface area contributed by atoms with E-state index < -0.39 is 0 Å². The molecule has 2 N–H and O–H groups in total. The van der Waals surface area contributed by atoms with Gasteiger partial charge in [-0.2, -0.15) is 0 Å². The van der Waals surface area contributed by atoms with Crippen molar-refractivity contribution in [2.45, 2.75) is 12.8 Å². The van der Waals surface area contributed by atoms with Crippen LogP contribution in [0.1, 0.15) is 12.8 Å². The van der Waals surface area contributed by atoms with Gasteiger partial charge in [0.1, 0.15) is 0 Å². The van der Waals surface area contributed by atoms with Crippen LogP contribution in [0.15, 0.2) is 29.9 Å². The lowest BCUT2D eigenvalue weighted by molar-refractivity contribution is -0.121. The highest BCUT2D eigenvalue weighted by atomic mass is 32.1. The summed E-state index contributed by atoms with van der Waals surface area (Å²) in [6.45, 7) is 1.00. The fourth-order valence-electron chi connectivity index (χ4n) is 2.65. The molecule has 1 atom stereocenters. The number of piperidine rings is 1. The van der Waals surface area contributed by atoms with E-state index in [9.17, 15) is 9.59 Å². The van der Waals surface area contributed by atoms with Crippen molar-refractivity contribution in [2.75, 3.05) is 30.8 Å². The Kier molecular flexibility index (Phi) is 5.44. The zero-order chi connectivity index (χ0) is 17.6. The minimum absolute atomic E-state index is 0.0986. The molecule has 3 amide bonds. The number of likely N-dealkylation sites (tertiary alicyclic amines) is 1. The summed E-state index contributed by atoms with van der Waals surface area (Å²) >= 11 is 1.37. The van der Waals surface area contributed by atoms with Crippen LogP contribution in [-0.2, 0) is 4.79 Å². The number of carbonyl (C=O) groups is 2. The highest BCUT2D eigenvalue weighted by Crippen LogP contribution is 2.21. The van der Waals surface area contributed by atoms with E-state index in [0.29, 0.717) is 29.8 Å². The van der Waals surface area contributed by atoms with E-state index in [-0.39, 0.29) is 17.9 Å². The fraction of sp³-hybridized carbons (Fsp3) is 0.375. The number of ether oxygens (including phenoxy) is 1. The third kappa shape index (κ3) is 4.44. The summed E-state index contributed by atoms with van der Waals surface area (Å²) in [6, 6.07) is 3.16. The summed E-state index contributed by atoms with van der Waals surface area (Å²) in [6.07, 6.45) is 4.71. The largest absolute Gasteiger partial charge is 0.481 e. The first-order chi connectivity index (χ1) is 12.2. The maximum absolute atomic E-state index is 12.4. The number of pyridine rings is 1. The lowest BCUT2D eigenvalue weighted by atomic mass is 9.97. The third-order valence-electron chi connectivity index (χ3n) is 3.94. The zero-order valence-corrected chi connectivity index (χ0v) is 14.6. The molecule has 0 saturated carbocycles. The molecular formula is C16H19N5O3S. The van der Waals surface area contributed by atoms with Crippen molar-refractivity contribution < 1.29 is 14.3 Å². The molecule has 0 bridgehead atoms. The van der Waals surface area contributed by atoms with Crippen LogP contribution in [-0.4, -0.2) is 47.0 Å². The van der Waals surface area contributed by atoms with Gasteiger partial charge in [-0.25, -0.2) is 14.8 Å². The first-order valence-corrected chi connectivity index (χ1v) is 8.80. The Morgan fingerprint density at radius 3 is 2.88 bits per heavy atom. The number of hydrogen-bond acceptors (Lipinski definition) is 6. The topological polar surface area (TPSA) is 96.5 Å².